The van der Waals surface area contributed by atoms with Gasteiger partial charge in [-0.15, -0.1) is 0 Å². The summed E-state index contributed by atoms with van der Waals surface area (Å²) < 4.78 is 0. The van der Waals surface area contributed by atoms with Gasteiger partial charge >= 0.3 is 0 Å². The quantitative estimate of drug-likeness (QED) is 0.772. The molecule has 1 fully saturated rings. The average molecular weight is 217 g/mol. The highest BCUT2D eigenvalue weighted by atomic mass is 15.2. The van der Waals surface area contributed by atoms with Gasteiger partial charge in [0.1, 0.15) is 24.5 Å². The van der Waals surface area contributed by atoms with Crippen molar-refractivity contribution in [1.29, 1.82) is 5.26 Å². The molecular formula is C11H15N5. The van der Waals surface area contributed by atoms with Crippen molar-refractivity contribution in [3.05, 3.63) is 12.4 Å². The summed E-state index contributed by atoms with van der Waals surface area (Å²) >= 11 is 0. The Hall–Kier alpha value is -1.83. The van der Waals surface area contributed by atoms with Crippen molar-refractivity contribution in [3.8, 4) is 6.07 Å². The Morgan fingerprint density at radius 2 is 2.38 bits per heavy atom. The molecule has 0 bridgehead atoms. The molecule has 0 atom stereocenters. The minimum atomic E-state index is 0.267. The van der Waals surface area contributed by atoms with Gasteiger partial charge in [0, 0.05) is 19.2 Å². The first kappa shape index (κ1) is 10.7. The van der Waals surface area contributed by atoms with Gasteiger partial charge in [0.2, 0.25) is 0 Å². The van der Waals surface area contributed by atoms with Crippen LogP contribution in [0.1, 0.15) is 19.3 Å². The third-order valence-corrected chi connectivity index (χ3v) is 2.98. The van der Waals surface area contributed by atoms with Gasteiger partial charge in [-0.2, -0.15) is 5.26 Å². The second kappa shape index (κ2) is 4.79. The Morgan fingerprint density at radius 3 is 3.00 bits per heavy atom. The number of nitrogens with one attached hydrogen (secondary N) is 1. The number of nitriles is 1. The zero-order valence-corrected chi connectivity index (χ0v) is 9.35. The fourth-order valence-electron chi connectivity index (χ4n) is 1.73. The Balaban J connectivity index is 2.05. The number of rotatable bonds is 4. The molecule has 16 heavy (non-hydrogen) atoms. The van der Waals surface area contributed by atoms with Gasteiger partial charge in [0.05, 0.1) is 6.07 Å². The normalized spacial score (nSPS) is 15.0. The predicted molar refractivity (Wildman–Crippen MR) is 62.2 cm³/mol. The molecule has 1 aliphatic carbocycles. The van der Waals surface area contributed by atoms with E-state index in [-0.39, 0.29) is 6.54 Å². The third kappa shape index (κ3) is 2.22. The largest absolute Gasteiger partial charge is 0.357 e. The lowest BCUT2D eigenvalue weighted by atomic mass is 9.92. The van der Waals surface area contributed by atoms with Gasteiger partial charge in [-0.25, -0.2) is 9.97 Å². The number of hydrogen-bond donors (Lipinski definition) is 1. The van der Waals surface area contributed by atoms with Gasteiger partial charge in [-0.3, -0.25) is 0 Å². The Morgan fingerprint density at radius 1 is 1.56 bits per heavy atom. The summed E-state index contributed by atoms with van der Waals surface area (Å²) in [5.74, 6) is 1.62. The summed E-state index contributed by atoms with van der Waals surface area (Å²) in [6, 6.07) is 4.52. The lowest BCUT2D eigenvalue weighted by Gasteiger charge is -2.35. The maximum Gasteiger partial charge on any atom is 0.134 e. The summed E-state index contributed by atoms with van der Waals surface area (Å²) in [5, 5.41) is 11.4. The van der Waals surface area contributed by atoms with Crippen LogP contribution in [-0.2, 0) is 0 Å². The topological polar surface area (TPSA) is 64.8 Å². The van der Waals surface area contributed by atoms with E-state index < -0.39 is 0 Å². The number of hydrogen-bond acceptors (Lipinski definition) is 5. The standard InChI is InChI=1S/C11H15N5/c1-16(9-3-2-4-9)11-7-10(13-6-5-12)14-8-15-11/h7-9H,2-4,6H2,1H3,(H,13,14,15). The van der Waals surface area contributed by atoms with Crippen molar-refractivity contribution in [2.45, 2.75) is 25.3 Å². The molecule has 0 spiro atoms. The second-order valence-electron chi connectivity index (χ2n) is 3.97. The van der Waals surface area contributed by atoms with Crippen LogP contribution in [0.15, 0.2) is 12.4 Å². The molecule has 0 unspecified atom stereocenters. The van der Waals surface area contributed by atoms with E-state index in [1.807, 2.05) is 12.1 Å². The maximum atomic E-state index is 8.48. The lowest BCUT2D eigenvalue weighted by Crippen LogP contribution is -2.37. The second-order valence-corrected chi connectivity index (χ2v) is 3.97. The van der Waals surface area contributed by atoms with Gasteiger partial charge < -0.3 is 10.2 Å². The van der Waals surface area contributed by atoms with E-state index in [0.29, 0.717) is 11.9 Å². The van der Waals surface area contributed by atoms with Crippen molar-refractivity contribution in [2.24, 2.45) is 0 Å². The third-order valence-electron chi connectivity index (χ3n) is 2.98. The molecule has 0 aliphatic heterocycles. The first-order valence-corrected chi connectivity index (χ1v) is 5.47. The first-order valence-electron chi connectivity index (χ1n) is 5.47. The Bertz CT molecular complexity index is 394. The highest BCUT2D eigenvalue weighted by Crippen LogP contribution is 2.27. The number of aromatic nitrogens is 2. The predicted octanol–water partition coefficient (Wildman–Crippen LogP) is 1.40. The van der Waals surface area contributed by atoms with Crippen LogP contribution in [0.25, 0.3) is 0 Å². The summed E-state index contributed by atoms with van der Waals surface area (Å²) in [7, 11) is 2.06. The molecular weight excluding hydrogens is 202 g/mol. The number of nitrogens with zero attached hydrogens (tertiary/aromatic N) is 4. The smallest absolute Gasteiger partial charge is 0.134 e. The molecule has 0 saturated heterocycles. The molecule has 0 amide bonds. The molecule has 1 saturated carbocycles. The molecule has 0 radical (unpaired) electrons. The monoisotopic (exact) mass is 217 g/mol. The van der Waals surface area contributed by atoms with Gasteiger partial charge in [-0.1, -0.05) is 0 Å². The lowest BCUT2D eigenvalue weighted by molar-refractivity contribution is 0.399. The Labute approximate surface area is 95.1 Å². The fourth-order valence-corrected chi connectivity index (χ4v) is 1.73. The van der Waals surface area contributed by atoms with E-state index in [4.69, 9.17) is 5.26 Å². The van der Waals surface area contributed by atoms with E-state index in [0.717, 1.165) is 5.82 Å². The minimum absolute atomic E-state index is 0.267. The average Bonchev–Trinajstić information content (AvgIpc) is 2.24. The molecule has 2 rings (SSSR count). The summed E-state index contributed by atoms with van der Waals surface area (Å²) in [6.07, 6.45) is 5.31. The number of anilines is 2. The summed E-state index contributed by atoms with van der Waals surface area (Å²) in [6.45, 7) is 0.267. The zero-order chi connectivity index (χ0) is 11.4. The van der Waals surface area contributed by atoms with Crippen LogP contribution in [0.2, 0.25) is 0 Å². The molecule has 5 nitrogen and oxygen atoms in total. The van der Waals surface area contributed by atoms with Gasteiger partial charge in [-0.05, 0) is 19.3 Å². The van der Waals surface area contributed by atoms with Crippen LogP contribution in [0, 0.1) is 11.3 Å². The zero-order valence-electron chi connectivity index (χ0n) is 9.35. The van der Waals surface area contributed by atoms with Crippen LogP contribution in [-0.4, -0.2) is 29.6 Å². The molecule has 84 valence electrons. The molecule has 0 aromatic carbocycles. The van der Waals surface area contributed by atoms with Crippen molar-refractivity contribution < 1.29 is 0 Å². The van der Waals surface area contributed by atoms with Crippen LogP contribution in [0.3, 0.4) is 0 Å². The highest BCUT2D eigenvalue weighted by Gasteiger charge is 2.23. The van der Waals surface area contributed by atoms with Crippen LogP contribution in [0.4, 0.5) is 11.6 Å². The van der Waals surface area contributed by atoms with E-state index in [1.165, 1.54) is 25.6 Å². The molecule has 1 heterocycles. The maximum absolute atomic E-state index is 8.48. The molecule has 1 N–H and O–H groups in total. The van der Waals surface area contributed by atoms with E-state index in [9.17, 15) is 0 Å². The van der Waals surface area contributed by atoms with Crippen LogP contribution < -0.4 is 10.2 Å². The van der Waals surface area contributed by atoms with E-state index in [2.05, 4.69) is 27.2 Å². The van der Waals surface area contributed by atoms with Crippen molar-refractivity contribution in [1.82, 2.24) is 9.97 Å². The minimum Gasteiger partial charge on any atom is -0.357 e. The Kier molecular flexibility index (Phi) is 3.20. The molecule has 1 aliphatic rings. The molecule has 1 aromatic heterocycles. The SMILES string of the molecule is CN(c1cc(NCC#N)ncn1)C1CCC1. The fraction of sp³-hybridized carbons (Fsp3) is 0.545. The van der Waals surface area contributed by atoms with Crippen molar-refractivity contribution in [3.63, 3.8) is 0 Å². The molecule has 1 aromatic rings. The first-order chi connectivity index (χ1) is 7.81. The molecule has 5 heteroatoms. The van der Waals surface area contributed by atoms with Gasteiger partial charge in [0.15, 0.2) is 0 Å². The van der Waals surface area contributed by atoms with Crippen LogP contribution in [0.5, 0.6) is 0 Å². The van der Waals surface area contributed by atoms with Crippen molar-refractivity contribution >= 4 is 11.6 Å². The van der Waals surface area contributed by atoms with Gasteiger partial charge in [0.25, 0.3) is 0 Å². The van der Waals surface area contributed by atoms with E-state index in [1.54, 1.807) is 0 Å². The highest BCUT2D eigenvalue weighted by molar-refractivity contribution is 5.49. The summed E-state index contributed by atoms with van der Waals surface area (Å²) in [5.41, 5.74) is 0. The van der Waals surface area contributed by atoms with Crippen molar-refractivity contribution in [2.75, 3.05) is 23.8 Å². The van der Waals surface area contributed by atoms with Crippen LogP contribution >= 0.6 is 0 Å². The summed E-state index contributed by atoms with van der Waals surface area (Å²) in [4.78, 5) is 10.5. The van der Waals surface area contributed by atoms with E-state index >= 15 is 0 Å².